The highest BCUT2D eigenvalue weighted by molar-refractivity contribution is 8.00. The van der Waals surface area contributed by atoms with Crippen LogP contribution in [0.3, 0.4) is 0 Å². The van der Waals surface area contributed by atoms with Gasteiger partial charge in [-0.15, -0.1) is 0 Å². The Morgan fingerprint density at radius 1 is 1.28 bits per heavy atom. The molecule has 2 aliphatic heterocycles. The van der Waals surface area contributed by atoms with Crippen LogP contribution < -0.4 is 10.6 Å². The lowest BCUT2D eigenvalue weighted by atomic mass is 9.99. The van der Waals surface area contributed by atoms with E-state index in [1.165, 1.54) is 6.42 Å². The maximum absolute atomic E-state index is 5.71. The summed E-state index contributed by atoms with van der Waals surface area (Å²) >= 11 is 1.93. The van der Waals surface area contributed by atoms with Crippen LogP contribution in [0.5, 0.6) is 0 Å². The fourth-order valence-electron chi connectivity index (χ4n) is 3.11. The number of nitrogens with one attached hydrogen (secondary N) is 2. The maximum atomic E-state index is 5.71. The molecule has 0 spiro atoms. The molecule has 1 atom stereocenters. The molecule has 0 saturated carbocycles. The summed E-state index contributed by atoms with van der Waals surface area (Å²) in [7, 11) is 0. The van der Waals surface area contributed by atoms with Crippen LogP contribution in [-0.2, 0) is 14.2 Å². The molecule has 2 fully saturated rings. The highest BCUT2D eigenvalue weighted by Crippen LogP contribution is 2.33. The topological polar surface area (TPSA) is 64.1 Å². The summed E-state index contributed by atoms with van der Waals surface area (Å²) in [4.78, 5) is 4.82. The molecule has 0 aromatic carbocycles. The van der Waals surface area contributed by atoms with E-state index < -0.39 is 0 Å². The normalized spacial score (nSPS) is 23.6. The largest absolute Gasteiger partial charge is 0.381 e. The Morgan fingerprint density at radius 2 is 2.12 bits per heavy atom. The predicted molar refractivity (Wildman–Crippen MR) is 105 cm³/mol. The van der Waals surface area contributed by atoms with Gasteiger partial charge in [-0.1, -0.05) is 0 Å². The second kappa shape index (κ2) is 12.0. The number of rotatable bonds is 10. The third-order valence-corrected chi connectivity index (χ3v) is 6.20. The van der Waals surface area contributed by atoms with Gasteiger partial charge in [-0.3, -0.25) is 4.99 Å². The van der Waals surface area contributed by atoms with Crippen LogP contribution in [-0.4, -0.2) is 75.7 Å². The average molecular weight is 374 g/mol. The van der Waals surface area contributed by atoms with Crippen LogP contribution >= 0.6 is 11.8 Å². The summed E-state index contributed by atoms with van der Waals surface area (Å²) in [5.41, 5.74) is 0. The van der Waals surface area contributed by atoms with Gasteiger partial charge in [-0.05, 0) is 45.3 Å². The molecule has 146 valence electrons. The van der Waals surface area contributed by atoms with Crippen molar-refractivity contribution in [3.05, 3.63) is 0 Å². The standard InChI is InChI=1S/C18H35N3O3S/c1-3-19-17(21-15-18(25-2)7-12-22-13-8-18)20-9-5-10-23-14-16-6-4-11-24-16/h16H,3-15H2,1-2H3,(H2,19,20,21). The van der Waals surface area contributed by atoms with Crippen molar-refractivity contribution in [2.75, 3.05) is 58.9 Å². The lowest BCUT2D eigenvalue weighted by Crippen LogP contribution is -2.41. The minimum absolute atomic E-state index is 0.227. The molecule has 2 heterocycles. The van der Waals surface area contributed by atoms with Gasteiger partial charge in [0.15, 0.2) is 5.96 Å². The van der Waals surface area contributed by atoms with Crippen LogP contribution in [0, 0.1) is 0 Å². The van der Waals surface area contributed by atoms with Gasteiger partial charge in [-0.25, -0.2) is 0 Å². The van der Waals surface area contributed by atoms with E-state index in [9.17, 15) is 0 Å². The third-order valence-electron chi connectivity index (χ3n) is 4.79. The Bertz CT molecular complexity index is 384. The number of hydrogen-bond acceptors (Lipinski definition) is 5. The zero-order valence-electron chi connectivity index (χ0n) is 15.8. The smallest absolute Gasteiger partial charge is 0.191 e. The molecule has 2 aliphatic rings. The SMILES string of the molecule is CCNC(=NCC1(SC)CCOCC1)NCCCOCC1CCCO1. The minimum Gasteiger partial charge on any atom is -0.381 e. The summed E-state index contributed by atoms with van der Waals surface area (Å²) in [6.07, 6.45) is 7.93. The predicted octanol–water partition coefficient (Wildman–Crippen LogP) is 2.04. The summed E-state index contributed by atoms with van der Waals surface area (Å²) in [5, 5.41) is 6.75. The first-order chi connectivity index (χ1) is 12.3. The monoisotopic (exact) mass is 373 g/mol. The molecule has 25 heavy (non-hydrogen) atoms. The van der Waals surface area contributed by atoms with Gasteiger partial charge >= 0.3 is 0 Å². The molecule has 0 bridgehead atoms. The minimum atomic E-state index is 0.227. The molecule has 2 N–H and O–H groups in total. The van der Waals surface area contributed by atoms with Gasteiger partial charge in [0.05, 0.1) is 19.3 Å². The molecule has 0 radical (unpaired) electrons. The lowest BCUT2D eigenvalue weighted by molar-refractivity contribution is 0.0168. The molecule has 0 aromatic rings. The van der Waals surface area contributed by atoms with E-state index in [1.807, 2.05) is 11.8 Å². The maximum Gasteiger partial charge on any atom is 0.191 e. The summed E-state index contributed by atoms with van der Waals surface area (Å²) in [5.74, 6) is 0.904. The van der Waals surface area contributed by atoms with E-state index >= 15 is 0 Å². The number of thioether (sulfide) groups is 1. The zero-order chi connectivity index (χ0) is 17.8. The molecular formula is C18H35N3O3S. The van der Waals surface area contributed by atoms with Gasteiger partial charge in [0.1, 0.15) is 0 Å². The third kappa shape index (κ3) is 7.72. The molecule has 2 saturated heterocycles. The number of aliphatic imine (C=N–C) groups is 1. The van der Waals surface area contributed by atoms with E-state index in [4.69, 9.17) is 19.2 Å². The first kappa shape index (κ1) is 20.8. The van der Waals surface area contributed by atoms with Crippen molar-refractivity contribution >= 4 is 17.7 Å². The van der Waals surface area contributed by atoms with Crippen molar-refractivity contribution in [3.63, 3.8) is 0 Å². The quantitative estimate of drug-likeness (QED) is 0.347. The Labute approximate surface area is 156 Å². The van der Waals surface area contributed by atoms with E-state index in [-0.39, 0.29) is 4.75 Å². The summed E-state index contributed by atoms with van der Waals surface area (Å²) < 4.78 is 17.0. The van der Waals surface area contributed by atoms with E-state index in [2.05, 4.69) is 23.8 Å². The fraction of sp³-hybridized carbons (Fsp3) is 0.944. The van der Waals surface area contributed by atoms with Crippen LogP contribution in [0.4, 0.5) is 0 Å². The van der Waals surface area contributed by atoms with E-state index in [0.717, 1.165) is 84.3 Å². The second-order valence-electron chi connectivity index (χ2n) is 6.68. The zero-order valence-corrected chi connectivity index (χ0v) is 16.7. The Balaban J connectivity index is 1.64. The van der Waals surface area contributed by atoms with Gasteiger partial charge < -0.3 is 24.8 Å². The molecule has 7 heteroatoms. The van der Waals surface area contributed by atoms with Crippen LogP contribution in [0.25, 0.3) is 0 Å². The molecule has 2 rings (SSSR count). The van der Waals surface area contributed by atoms with Gasteiger partial charge in [0, 0.05) is 44.3 Å². The van der Waals surface area contributed by atoms with Crippen LogP contribution in [0.1, 0.15) is 39.0 Å². The first-order valence-corrected chi connectivity index (χ1v) is 10.8. The number of nitrogens with zero attached hydrogens (tertiary/aromatic N) is 1. The second-order valence-corrected chi connectivity index (χ2v) is 7.96. The number of guanidine groups is 1. The number of ether oxygens (including phenoxy) is 3. The van der Waals surface area contributed by atoms with Gasteiger partial charge in [-0.2, -0.15) is 11.8 Å². The highest BCUT2D eigenvalue weighted by atomic mass is 32.2. The summed E-state index contributed by atoms with van der Waals surface area (Å²) in [6, 6.07) is 0. The van der Waals surface area contributed by atoms with Crippen molar-refractivity contribution in [2.24, 2.45) is 4.99 Å². The first-order valence-electron chi connectivity index (χ1n) is 9.62. The van der Waals surface area contributed by atoms with Crippen molar-refractivity contribution in [2.45, 2.75) is 49.9 Å². The van der Waals surface area contributed by atoms with E-state index in [1.54, 1.807) is 0 Å². The van der Waals surface area contributed by atoms with Crippen LogP contribution in [0.15, 0.2) is 4.99 Å². The fourth-order valence-corrected chi connectivity index (χ4v) is 3.88. The molecule has 0 aliphatic carbocycles. The van der Waals surface area contributed by atoms with Crippen molar-refractivity contribution < 1.29 is 14.2 Å². The van der Waals surface area contributed by atoms with Crippen LogP contribution in [0.2, 0.25) is 0 Å². The van der Waals surface area contributed by atoms with Gasteiger partial charge in [0.25, 0.3) is 0 Å². The van der Waals surface area contributed by atoms with Crippen molar-refractivity contribution in [1.82, 2.24) is 10.6 Å². The molecule has 1 unspecified atom stereocenters. The van der Waals surface area contributed by atoms with Gasteiger partial charge in [0.2, 0.25) is 0 Å². The van der Waals surface area contributed by atoms with E-state index in [0.29, 0.717) is 6.10 Å². The lowest BCUT2D eigenvalue weighted by Gasteiger charge is -2.34. The van der Waals surface area contributed by atoms with Crippen molar-refractivity contribution in [1.29, 1.82) is 0 Å². The summed E-state index contributed by atoms with van der Waals surface area (Å²) in [6.45, 7) is 8.75. The highest BCUT2D eigenvalue weighted by Gasteiger charge is 2.31. The Morgan fingerprint density at radius 3 is 2.80 bits per heavy atom. The van der Waals surface area contributed by atoms with Crippen molar-refractivity contribution in [3.8, 4) is 0 Å². The molecule has 0 amide bonds. The Hall–Kier alpha value is -0.500. The molecule has 0 aromatic heterocycles. The molecule has 6 nitrogen and oxygen atoms in total. The molecular weight excluding hydrogens is 338 g/mol. The number of hydrogen-bond donors (Lipinski definition) is 2. The Kier molecular flexibility index (Phi) is 9.98. The average Bonchev–Trinajstić information content (AvgIpc) is 3.16.